The number of unbranched alkanes of at least 4 members (excludes halogenated alkanes) is 1. The van der Waals surface area contributed by atoms with Crippen molar-refractivity contribution in [1.29, 1.82) is 0 Å². The number of methoxy groups -OCH3 is 1. The molecule has 178 valence electrons. The molecule has 0 bridgehead atoms. The van der Waals surface area contributed by atoms with Gasteiger partial charge in [0.1, 0.15) is 12.1 Å². The molecule has 0 aliphatic heterocycles. The summed E-state index contributed by atoms with van der Waals surface area (Å²) in [5.41, 5.74) is 1.41. The number of halogens is 2. The number of hydrogen-bond acceptors (Lipinski definition) is 9. The molecule has 9 nitrogen and oxygen atoms in total. The molecule has 0 fully saturated rings. The number of aryl methyl sites for hydroxylation is 1. The molecule has 4 rings (SSSR count). The van der Waals surface area contributed by atoms with Crippen molar-refractivity contribution in [2.45, 2.75) is 25.9 Å². The topological polar surface area (TPSA) is 107 Å². The molecule has 0 amide bonds. The SMILES string of the molecule is CNCCCCc1noc(COc2cc3ncnc(Nc4ccc(Cl)c(Cl)c4)c3cc2OC)n1. The molecule has 2 heterocycles. The molecule has 0 unspecified atom stereocenters. The minimum atomic E-state index is 0.116. The van der Waals surface area contributed by atoms with Crippen LogP contribution in [0.3, 0.4) is 0 Å². The first-order valence-corrected chi connectivity index (χ1v) is 11.5. The standard InChI is InChI=1S/C23H24Cl2N6O3/c1-26-8-4-3-5-21-30-22(34-31-21)12-33-20-11-18-15(10-19(20)32-2)23(28-13-27-18)29-14-6-7-16(24)17(25)9-14/h6-7,9-11,13,26H,3-5,8,12H2,1-2H3,(H,27,28,29). The van der Waals surface area contributed by atoms with Gasteiger partial charge < -0.3 is 24.6 Å². The van der Waals surface area contributed by atoms with Gasteiger partial charge in [-0.05, 0) is 50.7 Å². The van der Waals surface area contributed by atoms with Crippen LogP contribution in [0.4, 0.5) is 11.5 Å². The molecule has 2 N–H and O–H groups in total. The number of rotatable bonds is 11. The second kappa shape index (κ2) is 11.3. The highest BCUT2D eigenvalue weighted by Gasteiger charge is 2.14. The zero-order chi connectivity index (χ0) is 23.9. The van der Waals surface area contributed by atoms with Gasteiger partial charge in [0.25, 0.3) is 5.89 Å². The van der Waals surface area contributed by atoms with E-state index >= 15 is 0 Å². The van der Waals surface area contributed by atoms with Crippen LogP contribution in [0, 0.1) is 0 Å². The smallest absolute Gasteiger partial charge is 0.264 e. The maximum absolute atomic E-state index is 6.13. The first kappa shape index (κ1) is 24.0. The summed E-state index contributed by atoms with van der Waals surface area (Å²) >= 11 is 12.1. The highest BCUT2D eigenvalue weighted by Crippen LogP contribution is 2.35. The fourth-order valence-electron chi connectivity index (χ4n) is 3.32. The largest absolute Gasteiger partial charge is 0.493 e. The van der Waals surface area contributed by atoms with Crippen molar-refractivity contribution in [3.05, 3.63) is 58.4 Å². The molecule has 11 heteroatoms. The van der Waals surface area contributed by atoms with Gasteiger partial charge in [-0.2, -0.15) is 4.98 Å². The van der Waals surface area contributed by atoms with E-state index in [9.17, 15) is 0 Å². The highest BCUT2D eigenvalue weighted by molar-refractivity contribution is 6.42. The molecule has 2 aromatic heterocycles. The van der Waals surface area contributed by atoms with E-state index in [-0.39, 0.29) is 6.61 Å². The summed E-state index contributed by atoms with van der Waals surface area (Å²) in [5, 5.41) is 12.1. The van der Waals surface area contributed by atoms with E-state index < -0.39 is 0 Å². The van der Waals surface area contributed by atoms with Crippen LogP contribution < -0.4 is 20.1 Å². The van der Waals surface area contributed by atoms with Gasteiger partial charge >= 0.3 is 0 Å². The molecule has 0 saturated carbocycles. The van der Waals surface area contributed by atoms with Crippen molar-refractivity contribution in [3.63, 3.8) is 0 Å². The maximum atomic E-state index is 6.13. The van der Waals surface area contributed by atoms with Crippen LogP contribution in [0.2, 0.25) is 10.0 Å². The van der Waals surface area contributed by atoms with Crippen molar-refractivity contribution in [2.75, 3.05) is 26.0 Å². The van der Waals surface area contributed by atoms with Crippen molar-refractivity contribution in [2.24, 2.45) is 0 Å². The van der Waals surface area contributed by atoms with E-state index in [0.29, 0.717) is 44.6 Å². The molecule has 0 spiro atoms. The maximum Gasteiger partial charge on any atom is 0.264 e. The summed E-state index contributed by atoms with van der Waals surface area (Å²) < 4.78 is 16.8. The lowest BCUT2D eigenvalue weighted by atomic mass is 10.2. The summed E-state index contributed by atoms with van der Waals surface area (Å²) in [6.45, 7) is 1.08. The Balaban J connectivity index is 1.49. The van der Waals surface area contributed by atoms with Gasteiger partial charge in [-0.15, -0.1) is 0 Å². The quantitative estimate of drug-likeness (QED) is 0.267. The van der Waals surface area contributed by atoms with Gasteiger partial charge in [0, 0.05) is 23.6 Å². The number of fused-ring (bicyclic) bond motifs is 1. The van der Waals surface area contributed by atoms with Gasteiger partial charge in [-0.25, -0.2) is 9.97 Å². The van der Waals surface area contributed by atoms with Crippen LogP contribution in [0.25, 0.3) is 10.9 Å². The molecular weight excluding hydrogens is 479 g/mol. The van der Waals surface area contributed by atoms with E-state index in [0.717, 1.165) is 36.9 Å². The Bertz CT molecular complexity index is 1270. The lowest BCUT2D eigenvalue weighted by molar-refractivity contribution is 0.233. The molecule has 2 aromatic carbocycles. The third-order valence-electron chi connectivity index (χ3n) is 5.04. The van der Waals surface area contributed by atoms with E-state index in [4.69, 9.17) is 37.2 Å². The molecule has 0 saturated heterocycles. The van der Waals surface area contributed by atoms with E-state index in [1.807, 2.05) is 19.2 Å². The van der Waals surface area contributed by atoms with Crippen LogP contribution >= 0.6 is 23.2 Å². The Kier molecular flexibility index (Phi) is 7.99. The minimum absolute atomic E-state index is 0.116. The third-order valence-corrected chi connectivity index (χ3v) is 5.78. The summed E-state index contributed by atoms with van der Waals surface area (Å²) in [6.07, 6.45) is 4.26. The normalized spacial score (nSPS) is 11.1. The van der Waals surface area contributed by atoms with Crippen LogP contribution in [-0.4, -0.2) is 40.8 Å². The van der Waals surface area contributed by atoms with Crippen LogP contribution in [0.5, 0.6) is 11.5 Å². The average molecular weight is 503 g/mol. The molecular formula is C23H24Cl2N6O3. The van der Waals surface area contributed by atoms with Gasteiger partial charge in [-0.1, -0.05) is 28.4 Å². The minimum Gasteiger partial charge on any atom is -0.493 e. The number of anilines is 2. The van der Waals surface area contributed by atoms with Crippen molar-refractivity contribution >= 4 is 45.6 Å². The molecule has 0 aliphatic carbocycles. The lowest BCUT2D eigenvalue weighted by Crippen LogP contribution is -2.07. The van der Waals surface area contributed by atoms with Crippen LogP contribution in [0.1, 0.15) is 24.6 Å². The van der Waals surface area contributed by atoms with Gasteiger partial charge in [0.2, 0.25) is 0 Å². The number of nitrogens with zero attached hydrogens (tertiary/aromatic N) is 4. The molecule has 34 heavy (non-hydrogen) atoms. The van der Waals surface area contributed by atoms with E-state index in [2.05, 4.69) is 30.7 Å². The number of ether oxygens (including phenoxy) is 2. The second-order valence-corrected chi connectivity index (χ2v) is 8.26. The van der Waals surface area contributed by atoms with E-state index in [1.165, 1.54) is 6.33 Å². The van der Waals surface area contributed by atoms with Gasteiger partial charge in [0.05, 0.1) is 22.7 Å². The fraction of sp³-hybridized carbons (Fsp3) is 0.304. The summed E-state index contributed by atoms with van der Waals surface area (Å²) in [5.74, 6) is 2.68. The predicted octanol–water partition coefficient (Wildman–Crippen LogP) is 5.19. The number of aromatic nitrogens is 4. The Morgan fingerprint density at radius 2 is 1.91 bits per heavy atom. The third kappa shape index (κ3) is 5.85. The number of benzene rings is 2. The zero-order valence-corrected chi connectivity index (χ0v) is 20.3. The van der Waals surface area contributed by atoms with Crippen molar-refractivity contribution in [3.8, 4) is 11.5 Å². The summed E-state index contributed by atoms with van der Waals surface area (Å²) in [4.78, 5) is 13.1. The monoisotopic (exact) mass is 502 g/mol. The van der Waals surface area contributed by atoms with Crippen molar-refractivity contribution in [1.82, 2.24) is 25.4 Å². The Hall–Kier alpha value is -3.14. The second-order valence-electron chi connectivity index (χ2n) is 7.45. The highest BCUT2D eigenvalue weighted by atomic mass is 35.5. The molecule has 0 atom stereocenters. The molecule has 0 aliphatic rings. The van der Waals surface area contributed by atoms with Gasteiger partial charge in [-0.3, -0.25) is 0 Å². The van der Waals surface area contributed by atoms with Crippen molar-refractivity contribution < 1.29 is 14.0 Å². The summed E-state index contributed by atoms with van der Waals surface area (Å²) in [7, 11) is 3.50. The predicted molar refractivity (Wildman–Crippen MR) is 131 cm³/mol. The van der Waals surface area contributed by atoms with Crippen LogP contribution in [0.15, 0.2) is 41.2 Å². The first-order valence-electron chi connectivity index (χ1n) is 10.7. The Morgan fingerprint density at radius 3 is 2.71 bits per heavy atom. The van der Waals surface area contributed by atoms with Crippen LogP contribution in [-0.2, 0) is 13.0 Å². The zero-order valence-electron chi connectivity index (χ0n) is 18.8. The lowest BCUT2D eigenvalue weighted by Gasteiger charge is -2.13. The fourth-order valence-corrected chi connectivity index (χ4v) is 3.62. The average Bonchev–Trinajstić information content (AvgIpc) is 3.30. The number of hydrogen-bond donors (Lipinski definition) is 2. The van der Waals surface area contributed by atoms with E-state index in [1.54, 1.807) is 25.3 Å². The molecule has 4 aromatic rings. The molecule has 0 radical (unpaired) electrons. The Labute approximate surface area is 206 Å². The first-order chi connectivity index (χ1) is 16.6. The van der Waals surface area contributed by atoms with Gasteiger partial charge in [0.15, 0.2) is 23.9 Å². The summed E-state index contributed by atoms with van der Waals surface area (Å²) in [6, 6.07) is 8.85. The Morgan fingerprint density at radius 1 is 1.03 bits per heavy atom. The number of nitrogens with one attached hydrogen (secondary N) is 2.